The number of nitro groups is 1. The third-order valence-electron chi connectivity index (χ3n) is 5.51. The van der Waals surface area contributed by atoms with E-state index in [0.29, 0.717) is 0 Å². The first-order valence-corrected chi connectivity index (χ1v) is 9.15. The summed E-state index contributed by atoms with van der Waals surface area (Å²) in [5.41, 5.74) is 0.867. The Kier molecular flexibility index (Phi) is 7.41. The van der Waals surface area contributed by atoms with E-state index in [1.807, 2.05) is 0 Å². The van der Waals surface area contributed by atoms with E-state index in [-0.39, 0.29) is 30.2 Å². The smallest absolute Gasteiger partial charge is 0.303 e. The zero-order valence-electron chi connectivity index (χ0n) is 15.1. The SMILES string of the molecule is CC(=O)OC(CCN1CCC2CCC(C2)C1)c1ccc([N+](=O)[O-])cc1.Cl. The molecule has 0 amide bonds. The molecule has 144 valence electrons. The first-order valence-electron chi connectivity index (χ1n) is 9.15. The Hall–Kier alpha value is -1.66. The highest BCUT2D eigenvalue weighted by molar-refractivity contribution is 5.85. The number of nitrogens with zero attached hydrogens (tertiary/aromatic N) is 2. The molecular weight excluding hydrogens is 356 g/mol. The molecule has 2 fully saturated rings. The molecular formula is C19H27ClN2O4. The van der Waals surface area contributed by atoms with E-state index in [1.54, 1.807) is 12.1 Å². The second-order valence-electron chi connectivity index (χ2n) is 7.37. The Morgan fingerprint density at radius 3 is 2.62 bits per heavy atom. The molecule has 7 heteroatoms. The van der Waals surface area contributed by atoms with Gasteiger partial charge in [0.2, 0.25) is 0 Å². The van der Waals surface area contributed by atoms with Crippen molar-refractivity contribution in [2.75, 3.05) is 19.6 Å². The summed E-state index contributed by atoms with van der Waals surface area (Å²) in [6, 6.07) is 6.32. The van der Waals surface area contributed by atoms with Gasteiger partial charge in [0, 0.05) is 38.6 Å². The minimum Gasteiger partial charge on any atom is -0.458 e. The quantitative estimate of drug-likeness (QED) is 0.420. The largest absolute Gasteiger partial charge is 0.458 e. The molecule has 26 heavy (non-hydrogen) atoms. The van der Waals surface area contributed by atoms with Gasteiger partial charge in [-0.3, -0.25) is 14.9 Å². The van der Waals surface area contributed by atoms with Crippen molar-refractivity contribution in [2.24, 2.45) is 11.8 Å². The van der Waals surface area contributed by atoms with Crippen molar-refractivity contribution in [1.82, 2.24) is 4.90 Å². The Balaban J connectivity index is 0.00000243. The third-order valence-corrected chi connectivity index (χ3v) is 5.51. The van der Waals surface area contributed by atoms with Gasteiger partial charge in [-0.05, 0) is 55.3 Å². The highest BCUT2D eigenvalue weighted by atomic mass is 35.5. The molecule has 1 aromatic rings. The van der Waals surface area contributed by atoms with Crippen molar-refractivity contribution in [3.05, 3.63) is 39.9 Å². The Bertz CT molecular complexity index is 622. The molecule has 0 aromatic heterocycles. The van der Waals surface area contributed by atoms with Gasteiger partial charge >= 0.3 is 5.97 Å². The molecule has 2 aliphatic rings. The summed E-state index contributed by atoms with van der Waals surface area (Å²) in [7, 11) is 0. The number of hydrogen-bond donors (Lipinski definition) is 0. The van der Waals surface area contributed by atoms with E-state index in [0.717, 1.165) is 43.5 Å². The summed E-state index contributed by atoms with van der Waals surface area (Å²) in [5, 5.41) is 10.8. The molecule has 3 atom stereocenters. The number of nitro benzene ring substituents is 1. The van der Waals surface area contributed by atoms with Crippen LogP contribution in [-0.2, 0) is 9.53 Å². The van der Waals surface area contributed by atoms with Gasteiger partial charge in [0.25, 0.3) is 5.69 Å². The van der Waals surface area contributed by atoms with Gasteiger partial charge in [-0.15, -0.1) is 12.4 Å². The molecule has 1 heterocycles. The van der Waals surface area contributed by atoms with Gasteiger partial charge in [-0.2, -0.15) is 0 Å². The van der Waals surface area contributed by atoms with Crippen molar-refractivity contribution in [3.8, 4) is 0 Å². The molecule has 6 nitrogen and oxygen atoms in total. The summed E-state index contributed by atoms with van der Waals surface area (Å²) in [6.07, 6.45) is 5.74. The van der Waals surface area contributed by atoms with Gasteiger partial charge in [-0.1, -0.05) is 6.42 Å². The minimum absolute atomic E-state index is 0. The van der Waals surface area contributed by atoms with E-state index in [2.05, 4.69) is 4.90 Å². The molecule has 1 saturated heterocycles. The number of non-ortho nitro benzene ring substituents is 1. The molecule has 3 rings (SSSR count). The van der Waals surface area contributed by atoms with Gasteiger partial charge in [0.15, 0.2) is 0 Å². The fourth-order valence-electron chi connectivity index (χ4n) is 4.24. The molecule has 1 aliphatic carbocycles. The molecule has 0 N–H and O–H groups in total. The number of esters is 1. The van der Waals surface area contributed by atoms with Crippen LogP contribution in [0.5, 0.6) is 0 Å². The van der Waals surface area contributed by atoms with Gasteiger partial charge in [0.05, 0.1) is 4.92 Å². The lowest BCUT2D eigenvalue weighted by Gasteiger charge is -2.27. The summed E-state index contributed by atoms with van der Waals surface area (Å²) in [4.78, 5) is 24.3. The molecule has 1 aliphatic heterocycles. The summed E-state index contributed by atoms with van der Waals surface area (Å²) >= 11 is 0. The second-order valence-corrected chi connectivity index (χ2v) is 7.37. The molecule has 1 saturated carbocycles. The number of carbonyl (C=O) groups is 1. The maximum Gasteiger partial charge on any atom is 0.303 e. The average molecular weight is 383 g/mol. The van der Waals surface area contributed by atoms with Crippen LogP contribution in [0.4, 0.5) is 5.69 Å². The number of carbonyl (C=O) groups excluding carboxylic acids is 1. The molecule has 3 unspecified atom stereocenters. The number of ether oxygens (including phenoxy) is 1. The van der Waals surface area contributed by atoms with Crippen LogP contribution < -0.4 is 0 Å². The lowest BCUT2D eigenvalue weighted by atomic mass is 10.0. The fourth-order valence-corrected chi connectivity index (χ4v) is 4.24. The second kappa shape index (κ2) is 9.33. The van der Waals surface area contributed by atoms with E-state index in [4.69, 9.17) is 4.74 Å². The Morgan fingerprint density at radius 1 is 1.27 bits per heavy atom. The lowest BCUT2D eigenvalue weighted by molar-refractivity contribution is -0.384. The van der Waals surface area contributed by atoms with Crippen LogP contribution >= 0.6 is 12.4 Å². The van der Waals surface area contributed by atoms with Crippen LogP contribution in [0.3, 0.4) is 0 Å². The zero-order valence-corrected chi connectivity index (χ0v) is 16.0. The van der Waals surface area contributed by atoms with Crippen LogP contribution in [0.2, 0.25) is 0 Å². The van der Waals surface area contributed by atoms with E-state index >= 15 is 0 Å². The zero-order chi connectivity index (χ0) is 17.8. The standard InChI is InChI=1S/C19H26N2O4.ClH/c1-14(22)25-19(17-4-6-18(7-5-17)21(23)24)9-11-20-10-8-15-2-3-16(12-15)13-20;/h4-7,15-16,19H,2-3,8-13H2,1H3;1H. The summed E-state index contributed by atoms with van der Waals surface area (Å²) < 4.78 is 5.49. The van der Waals surface area contributed by atoms with Crippen LogP contribution in [-0.4, -0.2) is 35.4 Å². The number of likely N-dealkylation sites (tertiary alicyclic amines) is 1. The summed E-state index contributed by atoms with van der Waals surface area (Å²) in [5.74, 6) is 1.39. The highest BCUT2D eigenvalue weighted by Gasteiger charge is 2.30. The molecule has 0 spiro atoms. The number of fused-ring (bicyclic) bond motifs is 2. The minimum atomic E-state index is -0.420. The number of rotatable bonds is 6. The normalized spacial score (nSPS) is 23.6. The van der Waals surface area contributed by atoms with Crippen LogP contribution in [0.25, 0.3) is 0 Å². The van der Waals surface area contributed by atoms with Crippen LogP contribution in [0.1, 0.15) is 50.7 Å². The van der Waals surface area contributed by atoms with Crippen LogP contribution in [0.15, 0.2) is 24.3 Å². The predicted molar refractivity (Wildman–Crippen MR) is 101 cm³/mol. The van der Waals surface area contributed by atoms with Crippen molar-refractivity contribution >= 4 is 24.1 Å². The maximum atomic E-state index is 11.5. The average Bonchev–Trinajstić information content (AvgIpc) is 2.92. The highest BCUT2D eigenvalue weighted by Crippen LogP contribution is 2.36. The van der Waals surface area contributed by atoms with Crippen LogP contribution in [0, 0.1) is 22.0 Å². The fraction of sp³-hybridized carbons (Fsp3) is 0.632. The monoisotopic (exact) mass is 382 g/mol. The molecule has 0 radical (unpaired) electrons. The van der Waals surface area contributed by atoms with E-state index in [9.17, 15) is 14.9 Å². The first-order chi connectivity index (χ1) is 12.0. The Labute approximate surface area is 160 Å². The van der Waals surface area contributed by atoms with Gasteiger partial charge in [-0.25, -0.2) is 0 Å². The van der Waals surface area contributed by atoms with Crippen molar-refractivity contribution < 1.29 is 14.5 Å². The number of halogens is 1. The predicted octanol–water partition coefficient (Wildman–Crippen LogP) is 4.13. The van der Waals surface area contributed by atoms with Gasteiger partial charge in [0.1, 0.15) is 6.10 Å². The molecule has 2 bridgehead atoms. The Morgan fingerprint density at radius 2 is 1.96 bits per heavy atom. The maximum absolute atomic E-state index is 11.5. The van der Waals surface area contributed by atoms with Crippen molar-refractivity contribution in [3.63, 3.8) is 0 Å². The number of benzene rings is 1. The third kappa shape index (κ3) is 5.42. The van der Waals surface area contributed by atoms with Crippen molar-refractivity contribution in [2.45, 2.75) is 45.1 Å². The summed E-state index contributed by atoms with van der Waals surface area (Å²) in [6.45, 7) is 4.55. The molecule has 1 aromatic carbocycles. The van der Waals surface area contributed by atoms with E-state index < -0.39 is 4.92 Å². The van der Waals surface area contributed by atoms with Crippen molar-refractivity contribution in [1.29, 1.82) is 0 Å². The van der Waals surface area contributed by atoms with E-state index in [1.165, 1.54) is 44.7 Å². The van der Waals surface area contributed by atoms with Gasteiger partial charge < -0.3 is 9.64 Å². The topological polar surface area (TPSA) is 72.7 Å². The number of hydrogen-bond acceptors (Lipinski definition) is 5. The lowest BCUT2D eigenvalue weighted by Crippen LogP contribution is -2.31. The first kappa shape index (κ1) is 20.6.